The molecular weight excluding hydrogens is 240 g/mol. The van der Waals surface area contributed by atoms with Crippen LogP contribution in [0, 0.1) is 5.92 Å². The fourth-order valence-corrected chi connectivity index (χ4v) is 3.24. The third kappa shape index (κ3) is 3.98. The van der Waals surface area contributed by atoms with E-state index in [1.807, 2.05) is 0 Å². The van der Waals surface area contributed by atoms with E-state index < -0.39 is 10.1 Å². The van der Waals surface area contributed by atoms with Crippen molar-refractivity contribution in [2.75, 3.05) is 18.8 Å². The SMILES string of the molecule is O=S(=O)(CC1CCNCC1)Oc1ccccn1. The third-order valence-electron chi connectivity index (χ3n) is 2.75. The Morgan fingerprint density at radius 1 is 1.35 bits per heavy atom. The summed E-state index contributed by atoms with van der Waals surface area (Å²) in [5.41, 5.74) is 0. The number of aromatic nitrogens is 1. The maximum absolute atomic E-state index is 11.8. The van der Waals surface area contributed by atoms with Crippen molar-refractivity contribution in [2.24, 2.45) is 5.92 Å². The molecule has 6 heteroatoms. The molecule has 0 bridgehead atoms. The van der Waals surface area contributed by atoms with Gasteiger partial charge in [-0.2, -0.15) is 8.42 Å². The maximum atomic E-state index is 11.8. The van der Waals surface area contributed by atoms with Crippen molar-refractivity contribution in [1.82, 2.24) is 10.3 Å². The van der Waals surface area contributed by atoms with Gasteiger partial charge in [0.05, 0.1) is 5.75 Å². The Morgan fingerprint density at radius 3 is 2.76 bits per heavy atom. The molecule has 1 saturated heterocycles. The quantitative estimate of drug-likeness (QED) is 0.807. The number of nitrogens with zero attached hydrogens (tertiary/aromatic N) is 1. The highest BCUT2D eigenvalue weighted by Crippen LogP contribution is 2.16. The first-order valence-corrected chi connectivity index (χ1v) is 7.27. The van der Waals surface area contributed by atoms with Gasteiger partial charge in [0, 0.05) is 12.3 Å². The van der Waals surface area contributed by atoms with Crippen LogP contribution >= 0.6 is 0 Å². The lowest BCUT2D eigenvalue weighted by atomic mass is 10.0. The average Bonchev–Trinajstić information content (AvgIpc) is 2.30. The highest BCUT2D eigenvalue weighted by molar-refractivity contribution is 7.87. The van der Waals surface area contributed by atoms with Gasteiger partial charge in [0.2, 0.25) is 5.88 Å². The van der Waals surface area contributed by atoms with E-state index >= 15 is 0 Å². The highest BCUT2D eigenvalue weighted by atomic mass is 32.2. The summed E-state index contributed by atoms with van der Waals surface area (Å²) in [6.45, 7) is 1.76. The second-order valence-electron chi connectivity index (χ2n) is 4.17. The predicted molar refractivity (Wildman–Crippen MR) is 64.2 cm³/mol. The van der Waals surface area contributed by atoms with Crippen LogP contribution < -0.4 is 9.50 Å². The molecule has 0 unspecified atom stereocenters. The van der Waals surface area contributed by atoms with Crippen molar-refractivity contribution < 1.29 is 12.6 Å². The number of hydrogen-bond donors (Lipinski definition) is 1. The normalized spacial score (nSPS) is 17.9. The van der Waals surface area contributed by atoms with E-state index in [-0.39, 0.29) is 17.6 Å². The molecule has 5 nitrogen and oxygen atoms in total. The van der Waals surface area contributed by atoms with Crippen LogP contribution in [0.15, 0.2) is 24.4 Å². The average molecular weight is 256 g/mol. The Balaban J connectivity index is 1.94. The van der Waals surface area contributed by atoms with Crippen LogP contribution in [-0.2, 0) is 10.1 Å². The van der Waals surface area contributed by atoms with Gasteiger partial charge in [0.1, 0.15) is 0 Å². The molecule has 0 saturated carbocycles. The molecule has 17 heavy (non-hydrogen) atoms. The van der Waals surface area contributed by atoms with Gasteiger partial charge in [-0.25, -0.2) is 4.98 Å². The van der Waals surface area contributed by atoms with Crippen LogP contribution in [0.1, 0.15) is 12.8 Å². The molecule has 0 radical (unpaired) electrons. The van der Waals surface area contributed by atoms with Crippen LogP contribution in [0.2, 0.25) is 0 Å². The van der Waals surface area contributed by atoms with Crippen molar-refractivity contribution >= 4 is 10.1 Å². The van der Waals surface area contributed by atoms with Gasteiger partial charge in [-0.05, 0) is 37.9 Å². The van der Waals surface area contributed by atoms with Crippen molar-refractivity contribution in [1.29, 1.82) is 0 Å². The van der Waals surface area contributed by atoms with E-state index in [2.05, 4.69) is 10.3 Å². The molecule has 1 aromatic heterocycles. The molecule has 1 aromatic rings. The summed E-state index contributed by atoms with van der Waals surface area (Å²) >= 11 is 0. The molecule has 1 aliphatic heterocycles. The lowest BCUT2D eigenvalue weighted by Crippen LogP contribution is -2.32. The standard InChI is InChI=1S/C11H16N2O3S/c14-17(15,9-10-4-7-12-8-5-10)16-11-3-1-2-6-13-11/h1-3,6,10,12H,4-5,7-9H2. The minimum atomic E-state index is -3.52. The fraction of sp³-hybridized carbons (Fsp3) is 0.545. The first kappa shape index (κ1) is 12.3. The first-order valence-electron chi connectivity index (χ1n) is 5.70. The van der Waals surface area contributed by atoms with Gasteiger partial charge in [0.15, 0.2) is 0 Å². The Labute approximate surface area is 101 Å². The largest absolute Gasteiger partial charge is 0.362 e. The Hall–Kier alpha value is -1.14. The van der Waals surface area contributed by atoms with Gasteiger partial charge in [-0.3, -0.25) is 0 Å². The van der Waals surface area contributed by atoms with Gasteiger partial charge in [-0.15, -0.1) is 0 Å². The molecule has 0 spiro atoms. The van der Waals surface area contributed by atoms with Gasteiger partial charge in [-0.1, -0.05) is 6.07 Å². The summed E-state index contributed by atoms with van der Waals surface area (Å²) in [4.78, 5) is 3.84. The summed E-state index contributed by atoms with van der Waals surface area (Å²) < 4.78 is 28.5. The topological polar surface area (TPSA) is 68.3 Å². The summed E-state index contributed by atoms with van der Waals surface area (Å²) in [5.74, 6) is 0.400. The second kappa shape index (κ2) is 5.46. The smallest absolute Gasteiger partial charge is 0.310 e. The number of rotatable bonds is 4. The van der Waals surface area contributed by atoms with E-state index in [0.29, 0.717) is 0 Å². The van der Waals surface area contributed by atoms with Crippen LogP contribution in [0.25, 0.3) is 0 Å². The first-order chi connectivity index (χ1) is 8.16. The Kier molecular flexibility index (Phi) is 3.96. The monoisotopic (exact) mass is 256 g/mol. The zero-order valence-electron chi connectivity index (χ0n) is 9.50. The predicted octanol–water partition coefficient (Wildman–Crippen LogP) is 0.790. The van der Waals surface area contributed by atoms with E-state index in [1.165, 1.54) is 6.20 Å². The van der Waals surface area contributed by atoms with Crippen LogP contribution in [0.4, 0.5) is 0 Å². The van der Waals surface area contributed by atoms with E-state index in [0.717, 1.165) is 25.9 Å². The molecule has 2 rings (SSSR count). The van der Waals surface area contributed by atoms with Crippen LogP contribution in [0.3, 0.4) is 0 Å². The van der Waals surface area contributed by atoms with E-state index in [1.54, 1.807) is 18.2 Å². The van der Waals surface area contributed by atoms with Gasteiger partial charge < -0.3 is 9.50 Å². The van der Waals surface area contributed by atoms with E-state index in [4.69, 9.17) is 4.18 Å². The number of pyridine rings is 1. The van der Waals surface area contributed by atoms with Gasteiger partial charge >= 0.3 is 10.1 Å². The molecule has 0 amide bonds. The number of piperidine rings is 1. The summed E-state index contributed by atoms with van der Waals surface area (Å²) in [6, 6.07) is 4.95. The van der Waals surface area contributed by atoms with Crippen LogP contribution in [-0.4, -0.2) is 32.2 Å². The lowest BCUT2D eigenvalue weighted by molar-refractivity contribution is 0.388. The number of hydrogen-bond acceptors (Lipinski definition) is 5. The summed E-state index contributed by atoms with van der Waals surface area (Å²) in [6.07, 6.45) is 3.27. The van der Waals surface area contributed by atoms with Crippen molar-refractivity contribution in [3.63, 3.8) is 0 Å². The van der Waals surface area contributed by atoms with Crippen LogP contribution in [0.5, 0.6) is 5.88 Å². The zero-order valence-corrected chi connectivity index (χ0v) is 10.3. The summed E-state index contributed by atoms with van der Waals surface area (Å²) in [7, 11) is -3.52. The molecule has 2 heterocycles. The molecule has 1 fully saturated rings. The zero-order chi connectivity index (χ0) is 12.1. The maximum Gasteiger partial charge on any atom is 0.310 e. The lowest BCUT2D eigenvalue weighted by Gasteiger charge is -2.21. The van der Waals surface area contributed by atoms with Gasteiger partial charge in [0.25, 0.3) is 0 Å². The molecular formula is C11H16N2O3S. The molecule has 1 aliphatic rings. The van der Waals surface area contributed by atoms with Crippen molar-refractivity contribution in [3.05, 3.63) is 24.4 Å². The minimum absolute atomic E-state index is 0.0747. The number of nitrogens with one attached hydrogen (secondary N) is 1. The van der Waals surface area contributed by atoms with Crippen molar-refractivity contribution in [2.45, 2.75) is 12.8 Å². The molecule has 0 aromatic carbocycles. The summed E-state index contributed by atoms with van der Waals surface area (Å²) in [5, 5.41) is 3.20. The van der Waals surface area contributed by atoms with Crippen molar-refractivity contribution in [3.8, 4) is 5.88 Å². The fourth-order valence-electron chi connectivity index (χ4n) is 1.90. The second-order valence-corrected chi connectivity index (χ2v) is 5.78. The highest BCUT2D eigenvalue weighted by Gasteiger charge is 2.22. The molecule has 0 atom stereocenters. The van der Waals surface area contributed by atoms with E-state index in [9.17, 15) is 8.42 Å². The minimum Gasteiger partial charge on any atom is -0.362 e. The molecule has 94 valence electrons. The third-order valence-corrected chi connectivity index (χ3v) is 4.05. The Bertz CT molecular complexity index is 441. The molecule has 1 N–H and O–H groups in total. The molecule has 0 aliphatic carbocycles. The Morgan fingerprint density at radius 2 is 2.12 bits per heavy atom.